The summed E-state index contributed by atoms with van der Waals surface area (Å²) in [5, 5.41) is 0. The highest BCUT2D eigenvalue weighted by molar-refractivity contribution is 4.57. The maximum atomic E-state index is 5.39. The summed E-state index contributed by atoms with van der Waals surface area (Å²) in [4.78, 5) is 7.75. The minimum Gasteiger partial charge on any atom is -0.303 e. The van der Waals surface area contributed by atoms with Crippen LogP contribution in [0.25, 0.3) is 0 Å². The van der Waals surface area contributed by atoms with Gasteiger partial charge < -0.3 is 4.90 Å². The summed E-state index contributed by atoms with van der Waals surface area (Å²) in [6.45, 7) is 14.6. The molecule has 0 aromatic heterocycles. The number of rotatable bonds is 6. The highest BCUT2D eigenvalue weighted by Gasteiger charge is 2.09. The summed E-state index contributed by atoms with van der Waals surface area (Å²) in [5.74, 6) is 0. The zero-order valence-electron chi connectivity index (χ0n) is 9.68. The van der Waals surface area contributed by atoms with Crippen LogP contribution in [0.3, 0.4) is 0 Å². The number of hydrogen-bond acceptors (Lipinski definition) is 3. The summed E-state index contributed by atoms with van der Waals surface area (Å²) in [6.07, 6.45) is 0. The van der Waals surface area contributed by atoms with Crippen molar-refractivity contribution >= 4 is 0 Å². The van der Waals surface area contributed by atoms with Crippen LogP contribution in [0.15, 0.2) is 0 Å². The molecule has 0 fully saturated rings. The van der Waals surface area contributed by atoms with E-state index in [0.717, 1.165) is 26.2 Å². The van der Waals surface area contributed by atoms with Crippen LogP contribution in [0.4, 0.5) is 0 Å². The van der Waals surface area contributed by atoms with Gasteiger partial charge in [-0.15, -0.1) is 0 Å². The lowest BCUT2D eigenvalue weighted by molar-refractivity contribution is -0.0739. The fraction of sp³-hybridized carbons (Fsp3) is 1.00. The van der Waals surface area contributed by atoms with E-state index in [2.05, 4.69) is 24.2 Å². The molecule has 13 heavy (non-hydrogen) atoms. The molecule has 0 aliphatic heterocycles. The molecule has 0 radical (unpaired) electrons. The van der Waals surface area contributed by atoms with Crippen molar-refractivity contribution in [3.05, 3.63) is 0 Å². The van der Waals surface area contributed by atoms with Gasteiger partial charge in [0, 0.05) is 13.1 Å². The third-order valence-electron chi connectivity index (χ3n) is 1.80. The van der Waals surface area contributed by atoms with Crippen molar-refractivity contribution < 1.29 is 4.84 Å². The molecule has 0 unspecified atom stereocenters. The molecule has 1 N–H and O–H groups in total. The van der Waals surface area contributed by atoms with Crippen molar-refractivity contribution in [2.24, 2.45) is 0 Å². The predicted octanol–water partition coefficient (Wildman–Crippen LogP) is 1.65. The van der Waals surface area contributed by atoms with Crippen LogP contribution < -0.4 is 5.48 Å². The Bertz CT molecular complexity index is 117. The fourth-order valence-electron chi connectivity index (χ4n) is 1.01. The van der Waals surface area contributed by atoms with Crippen molar-refractivity contribution in [1.29, 1.82) is 0 Å². The van der Waals surface area contributed by atoms with E-state index in [0.29, 0.717) is 0 Å². The molecule has 0 bridgehead atoms. The first-order chi connectivity index (χ1) is 5.99. The fourth-order valence-corrected chi connectivity index (χ4v) is 1.01. The van der Waals surface area contributed by atoms with Gasteiger partial charge in [0.25, 0.3) is 0 Å². The van der Waals surface area contributed by atoms with Crippen molar-refractivity contribution in [2.45, 2.75) is 40.2 Å². The van der Waals surface area contributed by atoms with Gasteiger partial charge in [0.05, 0.1) is 5.60 Å². The van der Waals surface area contributed by atoms with Crippen LogP contribution >= 0.6 is 0 Å². The van der Waals surface area contributed by atoms with E-state index in [4.69, 9.17) is 4.84 Å². The van der Waals surface area contributed by atoms with Crippen molar-refractivity contribution in [1.82, 2.24) is 10.4 Å². The van der Waals surface area contributed by atoms with Gasteiger partial charge in [0.2, 0.25) is 0 Å². The molecule has 0 aliphatic carbocycles. The largest absolute Gasteiger partial charge is 0.303 e. The molecule has 3 nitrogen and oxygen atoms in total. The molecule has 0 atom stereocenters. The lowest BCUT2D eigenvalue weighted by atomic mass is 10.2. The minimum absolute atomic E-state index is 0.0940. The van der Waals surface area contributed by atoms with Gasteiger partial charge in [0.15, 0.2) is 0 Å². The van der Waals surface area contributed by atoms with Gasteiger partial charge in [-0.2, -0.15) is 0 Å². The molecular formula is C10H24N2O. The first kappa shape index (κ1) is 12.9. The van der Waals surface area contributed by atoms with E-state index in [9.17, 15) is 0 Å². The molecule has 0 aliphatic rings. The Hall–Kier alpha value is -0.120. The lowest BCUT2D eigenvalue weighted by Crippen LogP contribution is -2.36. The molecular weight excluding hydrogens is 164 g/mol. The van der Waals surface area contributed by atoms with Gasteiger partial charge >= 0.3 is 0 Å². The topological polar surface area (TPSA) is 24.5 Å². The van der Waals surface area contributed by atoms with Crippen molar-refractivity contribution in [3.8, 4) is 0 Å². The second kappa shape index (κ2) is 6.35. The molecule has 0 saturated carbocycles. The predicted molar refractivity (Wildman–Crippen MR) is 56.6 cm³/mol. The Morgan fingerprint density at radius 3 is 2.08 bits per heavy atom. The molecule has 0 aromatic rings. The molecule has 0 amide bonds. The van der Waals surface area contributed by atoms with Crippen LogP contribution in [0.5, 0.6) is 0 Å². The van der Waals surface area contributed by atoms with E-state index in [1.54, 1.807) is 0 Å². The number of nitrogens with zero attached hydrogens (tertiary/aromatic N) is 1. The SMILES string of the molecule is CCN(CC)CCNOC(C)(C)C. The van der Waals surface area contributed by atoms with Crippen LogP contribution in [0.1, 0.15) is 34.6 Å². The van der Waals surface area contributed by atoms with Gasteiger partial charge in [-0.3, -0.25) is 4.84 Å². The lowest BCUT2D eigenvalue weighted by Gasteiger charge is -2.22. The van der Waals surface area contributed by atoms with Crippen molar-refractivity contribution in [2.75, 3.05) is 26.2 Å². The van der Waals surface area contributed by atoms with E-state index in [1.165, 1.54) is 0 Å². The molecule has 0 saturated heterocycles. The molecule has 0 rings (SSSR count). The Labute approximate surface area is 82.4 Å². The third kappa shape index (κ3) is 8.22. The summed E-state index contributed by atoms with van der Waals surface area (Å²) in [5.41, 5.74) is 2.89. The molecule has 0 spiro atoms. The minimum atomic E-state index is -0.0940. The monoisotopic (exact) mass is 188 g/mol. The molecule has 80 valence electrons. The average molecular weight is 188 g/mol. The standard InChI is InChI=1S/C10H24N2O/c1-6-12(7-2)9-8-11-13-10(3,4)5/h11H,6-9H2,1-5H3. The zero-order chi connectivity index (χ0) is 10.3. The Morgan fingerprint density at radius 2 is 1.69 bits per heavy atom. The second-order valence-corrected chi connectivity index (χ2v) is 4.14. The van der Waals surface area contributed by atoms with Gasteiger partial charge in [-0.1, -0.05) is 13.8 Å². The number of hydroxylamine groups is 1. The summed E-state index contributed by atoms with van der Waals surface area (Å²) < 4.78 is 0. The second-order valence-electron chi connectivity index (χ2n) is 4.14. The molecule has 0 aromatic carbocycles. The Balaban J connectivity index is 3.34. The van der Waals surface area contributed by atoms with Crippen LogP contribution in [0.2, 0.25) is 0 Å². The van der Waals surface area contributed by atoms with Crippen LogP contribution in [-0.4, -0.2) is 36.7 Å². The quantitative estimate of drug-likeness (QED) is 0.506. The summed E-state index contributed by atoms with van der Waals surface area (Å²) in [7, 11) is 0. The van der Waals surface area contributed by atoms with E-state index >= 15 is 0 Å². The van der Waals surface area contributed by atoms with Crippen LogP contribution in [-0.2, 0) is 4.84 Å². The number of likely N-dealkylation sites (N-methyl/N-ethyl adjacent to an activating group) is 1. The number of hydrogen-bond donors (Lipinski definition) is 1. The molecule has 0 heterocycles. The van der Waals surface area contributed by atoms with Gasteiger partial charge in [-0.25, -0.2) is 5.48 Å². The highest BCUT2D eigenvalue weighted by atomic mass is 16.7. The molecule has 3 heteroatoms. The summed E-state index contributed by atoms with van der Waals surface area (Å²) in [6, 6.07) is 0. The first-order valence-electron chi connectivity index (χ1n) is 5.12. The zero-order valence-corrected chi connectivity index (χ0v) is 9.68. The van der Waals surface area contributed by atoms with Gasteiger partial charge in [-0.05, 0) is 33.9 Å². The Morgan fingerprint density at radius 1 is 1.15 bits per heavy atom. The van der Waals surface area contributed by atoms with E-state index in [-0.39, 0.29) is 5.60 Å². The van der Waals surface area contributed by atoms with Crippen molar-refractivity contribution in [3.63, 3.8) is 0 Å². The maximum absolute atomic E-state index is 5.39. The van der Waals surface area contributed by atoms with E-state index in [1.807, 2.05) is 20.8 Å². The van der Waals surface area contributed by atoms with Gasteiger partial charge in [0.1, 0.15) is 0 Å². The average Bonchev–Trinajstić information content (AvgIpc) is 2.03. The first-order valence-corrected chi connectivity index (χ1v) is 5.12. The summed E-state index contributed by atoms with van der Waals surface area (Å²) >= 11 is 0. The smallest absolute Gasteiger partial charge is 0.0812 e. The highest BCUT2D eigenvalue weighted by Crippen LogP contribution is 2.02. The third-order valence-corrected chi connectivity index (χ3v) is 1.80. The van der Waals surface area contributed by atoms with Crippen LogP contribution in [0, 0.1) is 0 Å². The normalized spacial score (nSPS) is 12.5. The number of nitrogens with one attached hydrogen (secondary N) is 1. The van der Waals surface area contributed by atoms with E-state index < -0.39 is 0 Å². The Kier molecular flexibility index (Phi) is 6.29. The maximum Gasteiger partial charge on any atom is 0.0812 e.